The Balaban J connectivity index is 1.90. The Labute approximate surface area is 119 Å². The van der Waals surface area contributed by atoms with Crippen LogP contribution in [0.2, 0.25) is 10.3 Å². The molecule has 0 fully saturated rings. The van der Waals surface area contributed by atoms with E-state index in [4.69, 9.17) is 23.2 Å². The average molecular weight is 294 g/mol. The molecule has 0 aliphatic rings. The van der Waals surface area contributed by atoms with Gasteiger partial charge in [-0.15, -0.1) is 0 Å². The molecule has 0 unspecified atom stereocenters. The maximum absolute atomic E-state index is 6.10. The van der Waals surface area contributed by atoms with Gasteiger partial charge in [0.1, 0.15) is 5.52 Å². The van der Waals surface area contributed by atoms with E-state index in [-0.39, 0.29) is 5.28 Å². The third-order valence-electron chi connectivity index (χ3n) is 2.66. The highest BCUT2D eigenvalue weighted by Gasteiger charge is 2.09. The number of nitrogens with one attached hydrogen (secondary N) is 2. The first-order valence-electron chi connectivity index (χ1n) is 5.58. The number of nitrogens with zero attached hydrogens (tertiary/aromatic N) is 3. The summed E-state index contributed by atoms with van der Waals surface area (Å²) in [4.78, 5) is 15.2. The van der Waals surface area contributed by atoms with Crippen LogP contribution in [0.3, 0.4) is 0 Å². The molecule has 2 N–H and O–H groups in total. The van der Waals surface area contributed by atoms with Gasteiger partial charge in [-0.3, -0.25) is 0 Å². The number of benzene rings is 1. The van der Waals surface area contributed by atoms with Crippen molar-refractivity contribution in [3.63, 3.8) is 0 Å². The first kappa shape index (κ1) is 12.2. The molecular weight excluding hydrogens is 285 g/mol. The van der Waals surface area contributed by atoms with Crippen LogP contribution in [0.1, 0.15) is 5.56 Å². The highest BCUT2D eigenvalue weighted by atomic mass is 35.5. The monoisotopic (exact) mass is 293 g/mol. The van der Waals surface area contributed by atoms with Gasteiger partial charge in [-0.1, -0.05) is 29.8 Å². The third kappa shape index (κ3) is 2.47. The first-order chi connectivity index (χ1) is 9.24. The molecule has 0 amide bonds. The average Bonchev–Trinajstić information content (AvgIpc) is 2.85. The molecule has 2 aromatic heterocycles. The van der Waals surface area contributed by atoms with E-state index in [1.165, 1.54) is 0 Å². The summed E-state index contributed by atoms with van der Waals surface area (Å²) in [5, 5.41) is 4.04. The van der Waals surface area contributed by atoms with Gasteiger partial charge in [0.2, 0.25) is 5.28 Å². The minimum atomic E-state index is 0.154. The number of fused-ring (bicyclic) bond motifs is 1. The van der Waals surface area contributed by atoms with E-state index in [1.54, 1.807) is 6.33 Å². The Morgan fingerprint density at radius 3 is 2.84 bits per heavy atom. The number of imidazole rings is 1. The molecule has 96 valence electrons. The van der Waals surface area contributed by atoms with Crippen LogP contribution in [-0.2, 0) is 6.54 Å². The van der Waals surface area contributed by atoms with E-state index in [9.17, 15) is 0 Å². The van der Waals surface area contributed by atoms with E-state index in [0.717, 1.165) is 11.1 Å². The standard InChI is InChI=1S/C12H9Cl2N5/c13-8-4-2-1-3-7(8)5-15-10-9-11(17-6-16-9)19-12(14)18-10/h1-4,6H,5H2,(H2,15,16,17,18,19). The Hall–Kier alpha value is -1.85. The summed E-state index contributed by atoms with van der Waals surface area (Å²) >= 11 is 12.0. The molecule has 3 rings (SSSR count). The van der Waals surface area contributed by atoms with Crippen LogP contribution in [0.15, 0.2) is 30.6 Å². The number of aromatic nitrogens is 4. The van der Waals surface area contributed by atoms with Crippen molar-refractivity contribution >= 4 is 40.2 Å². The van der Waals surface area contributed by atoms with Crippen LogP contribution in [-0.4, -0.2) is 19.9 Å². The topological polar surface area (TPSA) is 66.5 Å². The smallest absolute Gasteiger partial charge is 0.226 e. The summed E-state index contributed by atoms with van der Waals surface area (Å²) in [6.07, 6.45) is 1.55. The second-order valence-electron chi connectivity index (χ2n) is 3.89. The van der Waals surface area contributed by atoms with Gasteiger partial charge < -0.3 is 10.3 Å². The molecule has 0 bridgehead atoms. The van der Waals surface area contributed by atoms with Gasteiger partial charge >= 0.3 is 0 Å². The fourth-order valence-electron chi connectivity index (χ4n) is 1.76. The van der Waals surface area contributed by atoms with Crippen molar-refractivity contribution in [2.75, 3.05) is 5.32 Å². The van der Waals surface area contributed by atoms with E-state index < -0.39 is 0 Å². The molecule has 1 aromatic carbocycles. The molecule has 0 radical (unpaired) electrons. The summed E-state index contributed by atoms with van der Waals surface area (Å²) in [6, 6.07) is 7.61. The SMILES string of the molecule is Clc1nc(NCc2ccccc2Cl)c2[nH]cnc2n1. The zero-order valence-corrected chi connectivity index (χ0v) is 11.2. The summed E-state index contributed by atoms with van der Waals surface area (Å²) < 4.78 is 0. The molecule has 2 heterocycles. The second kappa shape index (κ2) is 5.03. The zero-order valence-electron chi connectivity index (χ0n) is 9.69. The lowest BCUT2D eigenvalue weighted by molar-refractivity contribution is 1.10. The molecule has 0 saturated heterocycles. The number of hydrogen-bond donors (Lipinski definition) is 2. The fourth-order valence-corrected chi connectivity index (χ4v) is 2.12. The minimum absolute atomic E-state index is 0.154. The number of anilines is 1. The molecule has 19 heavy (non-hydrogen) atoms. The minimum Gasteiger partial charge on any atom is -0.364 e. The van der Waals surface area contributed by atoms with Crippen molar-refractivity contribution in [3.8, 4) is 0 Å². The molecule has 0 saturated carbocycles. The molecular formula is C12H9Cl2N5. The maximum Gasteiger partial charge on any atom is 0.226 e. The second-order valence-corrected chi connectivity index (χ2v) is 4.63. The zero-order chi connectivity index (χ0) is 13.2. The quantitative estimate of drug-likeness (QED) is 0.727. The lowest BCUT2D eigenvalue weighted by Crippen LogP contribution is -2.03. The van der Waals surface area contributed by atoms with Gasteiger partial charge in [0.25, 0.3) is 0 Å². The van der Waals surface area contributed by atoms with Gasteiger partial charge in [-0.05, 0) is 23.2 Å². The van der Waals surface area contributed by atoms with Crippen LogP contribution >= 0.6 is 23.2 Å². The largest absolute Gasteiger partial charge is 0.364 e. The van der Waals surface area contributed by atoms with Crippen LogP contribution in [0.5, 0.6) is 0 Å². The van der Waals surface area contributed by atoms with Crippen molar-refractivity contribution < 1.29 is 0 Å². The van der Waals surface area contributed by atoms with Crippen molar-refractivity contribution in [2.45, 2.75) is 6.54 Å². The number of H-pyrrole nitrogens is 1. The van der Waals surface area contributed by atoms with Crippen molar-refractivity contribution in [1.29, 1.82) is 0 Å². The number of rotatable bonds is 3. The first-order valence-corrected chi connectivity index (χ1v) is 6.33. The van der Waals surface area contributed by atoms with Crippen LogP contribution < -0.4 is 5.32 Å². The summed E-state index contributed by atoms with van der Waals surface area (Å²) in [7, 11) is 0. The number of halogens is 2. The summed E-state index contributed by atoms with van der Waals surface area (Å²) in [6.45, 7) is 0.543. The molecule has 0 aliphatic heterocycles. The lowest BCUT2D eigenvalue weighted by atomic mass is 10.2. The number of hydrogen-bond acceptors (Lipinski definition) is 4. The van der Waals surface area contributed by atoms with E-state index >= 15 is 0 Å². The Morgan fingerprint density at radius 1 is 1.16 bits per heavy atom. The molecule has 0 atom stereocenters. The normalized spacial score (nSPS) is 10.8. The van der Waals surface area contributed by atoms with Crippen molar-refractivity contribution in [3.05, 3.63) is 46.5 Å². The van der Waals surface area contributed by atoms with Gasteiger partial charge in [-0.2, -0.15) is 9.97 Å². The van der Waals surface area contributed by atoms with Crippen molar-refractivity contribution in [2.24, 2.45) is 0 Å². The molecule has 0 spiro atoms. The lowest BCUT2D eigenvalue weighted by Gasteiger charge is -2.07. The fraction of sp³-hybridized carbons (Fsp3) is 0.0833. The Kier molecular flexibility index (Phi) is 3.23. The van der Waals surface area contributed by atoms with Crippen LogP contribution in [0, 0.1) is 0 Å². The molecule has 0 aliphatic carbocycles. The number of aromatic amines is 1. The van der Waals surface area contributed by atoms with E-state index in [2.05, 4.69) is 25.3 Å². The highest BCUT2D eigenvalue weighted by molar-refractivity contribution is 6.31. The van der Waals surface area contributed by atoms with Gasteiger partial charge in [0.15, 0.2) is 11.5 Å². The molecule has 7 heteroatoms. The predicted molar refractivity (Wildman–Crippen MR) is 75.5 cm³/mol. The van der Waals surface area contributed by atoms with Crippen LogP contribution in [0.25, 0.3) is 11.2 Å². The highest BCUT2D eigenvalue weighted by Crippen LogP contribution is 2.21. The van der Waals surface area contributed by atoms with E-state index in [0.29, 0.717) is 23.0 Å². The predicted octanol–water partition coefficient (Wildman–Crippen LogP) is 3.27. The van der Waals surface area contributed by atoms with Gasteiger partial charge in [-0.25, -0.2) is 4.98 Å². The summed E-state index contributed by atoms with van der Waals surface area (Å²) in [5.41, 5.74) is 2.23. The van der Waals surface area contributed by atoms with Crippen LogP contribution in [0.4, 0.5) is 5.82 Å². The van der Waals surface area contributed by atoms with E-state index in [1.807, 2.05) is 24.3 Å². The third-order valence-corrected chi connectivity index (χ3v) is 3.20. The maximum atomic E-state index is 6.10. The molecule has 5 nitrogen and oxygen atoms in total. The molecule has 3 aromatic rings. The Bertz CT molecular complexity index is 725. The van der Waals surface area contributed by atoms with Gasteiger partial charge in [0.05, 0.1) is 6.33 Å². The Morgan fingerprint density at radius 2 is 2.00 bits per heavy atom. The summed E-state index contributed by atoms with van der Waals surface area (Å²) in [5.74, 6) is 0.604. The van der Waals surface area contributed by atoms with Gasteiger partial charge in [0, 0.05) is 11.6 Å². The van der Waals surface area contributed by atoms with Crippen molar-refractivity contribution in [1.82, 2.24) is 19.9 Å².